The lowest BCUT2D eigenvalue weighted by Crippen LogP contribution is -2.32. The van der Waals surface area contributed by atoms with Gasteiger partial charge in [0, 0.05) is 21.0 Å². The lowest BCUT2D eigenvalue weighted by atomic mass is 10.0. The van der Waals surface area contributed by atoms with Crippen molar-refractivity contribution in [3.05, 3.63) is 88.9 Å². The molecule has 0 aliphatic carbocycles. The van der Waals surface area contributed by atoms with Crippen LogP contribution >= 0.6 is 42.1 Å². The smallest absolute Gasteiger partial charge is 0.323 e. The van der Waals surface area contributed by atoms with Crippen LogP contribution in [0.25, 0.3) is 31.6 Å². The Bertz CT molecular complexity index is 1730. The lowest BCUT2D eigenvalue weighted by molar-refractivity contribution is 0.373. The van der Waals surface area contributed by atoms with Crippen molar-refractivity contribution in [3.63, 3.8) is 0 Å². The minimum atomic E-state index is -4.88. The first-order valence-corrected chi connectivity index (χ1v) is 15.2. The molecule has 184 valence electrons. The van der Waals surface area contributed by atoms with E-state index in [1.165, 1.54) is 29.5 Å². The molecule has 0 unspecified atom stereocenters. The van der Waals surface area contributed by atoms with Crippen LogP contribution in [0.4, 0.5) is 5.69 Å². The van der Waals surface area contributed by atoms with Crippen molar-refractivity contribution < 1.29 is 22.8 Å². The van der Waals surface area contributed by atoms with Gasteiger partial charge in [0.2, 0.25) is 0 Å². The Morgan fingerprint density at radius 2 is 1.58 bits per heavy atom. The minimum Gasteiger partial charge on any atom is -0.323 e. The minimum absolute atomic E-state index is 0.0709. The standard InChI is InChI=1S/C24H17Cl2N2O5PS2/c25-16-11-17(26)13-18(12-16)36(32,33)28(14-34(29,30)31)23-19-6-2-1-5-15(19)9-10-20(23)24-27-21-7-3-4-8-22(21)35-24/h1-13H,14H2,(H2,29,30,31). The maximum Gasteiger partial charge on any atom is 0.345 e. The average Bonchev–Trinajstić information content (AvgIpc) is 3.25. The third-order valence-electron chi connectivity index (χ3n) is 5.41. The Balaban J connectivity index is 1.85. The second kappa shape index (κ2) is 9.43. The van der Waals surface area contributed by atoms with E-state index in [-0.39, 0.29) is 20.6 Å². The summed E-state index contributed by atoms with van der Waals surface area (Å²) in [5, 5.41) is 1.82. The van der Waals surface area contributed by atoms with Crippen molar-refractivity contribution in [1.29, 1.82) is 0 Å². The summed E-state index contributed by atoms with van der Waals surface area (Å²) in [6.07, 6.45) is -1.09. The maximum atomic E-state index is 14.0. The zero-order chi connectivity index (χ0) is 25.7. The van der Waals surface area contributed by atoms with E-state index in [4.69, 9.17) is 23.2 Å². The molecule has 0 aliphatic heterocycles. The second-order valence-corrected chi connectivity index (χ2v) is 13.3. The van der Waals surface area contributed by atoms with Crippen LogP contribution in [-0.2, 0) is 14.6 Å². The van der Waals surface area contributed by atoms with E-state index in [9.17, 15) is 22.8 Å². The molecule has 4 aromatic carbocycles. The van der Waals surface area contributed by atoms with Crippen LogP contribution in [0.3, 0.4) is 0 Å². The Labute approximate surface area is 220 Å². The van der Waals surface area contributed by atoms with Crippen LogP contribution in [0, 0.1) is 0 Å². The fraction of sp³-hybridized carbons (Fsp3) is 0.0417. The fourth-order valence-electron chi connectivity index (χ4n) is 3.92. The Hall–Kier alpha value is -2.49. The molecule has 0 bridgehead atoms. The van der Waals surface area contributed by atoms with Crippen molar-refractivity contribution in [3.8, 4) is 10.6 Å². The Morgan fingerprint density at radius 1 is 0.917 bits per heavy atom. The van der Waals surface area contributed by atoms with Crippen molar-refractivity contribution in [1.82, 2.24) is 4.98 Å². The molecule has 1 aromatic heterocycles. The van der Waals surface area contributed by atoms with Crippen LogP contribution in [-0.4, -0.2) is 29.5 Å². The van der Waals surface area contributed by atoms with Gasteiger partial charge in [0.05, 0.1) is 20.8 Å². The second-order valence-electron chi connectivity index (χ2n) is 7.93. The molecule has 0 amide bonds. The number of rotatable bonds is 6. The molecule has 5 aromatic rings. The van der Waals surface area contributed by atoms with Gasteiger partial charge in [-0.25, -0.2) is 13.4 Å². The Morgan fingerprint density at radius 3 is 2.28 bits per heavy atom. The van der Waals surface area contributed by atoms with E-state index in [1.807, 2.05) is 30.3 Å². The molecule has 0 fully saturated rings. The fourth-order valence-corrected chi connectivity index (χ4v) is 8.35. The number of aromatic nitrogens is 1. The van der Waals surface area contributed by atoms with Crippen LogP contribution in [0.5, 0.6) is 0 Å². The third kappa shape index (κ3) is 4.88. The number of halogens is 2. The molecule has 0 saturated heterocycles. The number of anilines is 1. The van der Waals surface area contributed by atoms with E-state index in [2.05, 4.69) is 4.98 Å². The summed E-state index contributed by atoms with van der Waals surface area (Å²) in [6.45, 7) is 0. The number of sulfonamides is 1. The number of nitrogens with zero attached hydrogens (tertiary/aromatic N) is 2. The first-order valence-electron chi connectivity index (χ1n) is 10.4. The molecule has 5 rings (SSSR count). The molecule has 12 heteroatoms. The van der Waals surface area contributed by atoms with Gasteiger partial charge in [-0.15, -0.1) is 11.3 Å². The number of fused-ring (bicyclic) bond motifs is 2. The Kier molecular flexibility index (Phi) is 6.59. The van der Waals surface area contributed by atoms with E-state index >= 15 is 0 Å². The summed E-state index contributed by atoms with van der Waals surface area (Å²) in [5.41, 5.74) is 1.24. The van der Waals surface area contributed by atoms with Crippen molar-refractivity contribution in [2.75, 3.05) is 10.6 Å². The molecule has 2 N–H and O–H groups in total. The van der Waals surface area contributed by atoms with Gasteiger partial charge in [-0.3, -0.25) is 8.87 Å². The zero-order valence-corrected chi connectivity index (χ0v) is 22.3. The highest BCUT2D eigenvalue weighted by atomic mass is 35.5. The van der Waals surface area contributed by atoms with Crippen LogP contribution in [0.2, 0.25) is 10.0 Å². The predicted molar refractivity (Wildman–Crippen MR) is 146 cm³/mol. The predicted octanol–water partition coefficient (Wildman–Crippen LogP) is 6.75. The van der Waals surface area contributed by atoms with E-state index in [0.29, 0.717) is 21.3 Å². The summed E-state index contributed by atoms with van der Waals surface area (Å²) >= 11 is 13.5. The molecule has 0 spiro atoms. The zero-order valence-electron chi connectivity index (χ0n) is 18.2. The number of benzene rings is 4. The van der Waals surface area contributed by atoms with E-state index < -0.39 is 23.9 Å². The molecular weight excluding hydrogens is 562 g/mol. The van der Waals surface area contributed by atoms with Gasteiger partial charge in [-0.2, -0.15) is 0 Å². The van der Waals surface area contributed by atoms with E-state index in [0.717, 1.165) is 14.5 Å². The quantitative estimate of drug-likeness (QED) is 0.216. The average molecular weight is 579 g/mol. The number of para-hydroxylation sites is 1. The van der Waals surface area contributed by atoms with Crippen molar-refractivity contribution in [2.24, 2.45) is 0 Å². The molecule has 0 radical (unpaired) electrons. The molecular formula is C24H17Cl2N2O5PS2. The summed E-state index contributed by atoms with van der Waals surface area (Å²) in [7, 11) is -9.42. The highest BCUT2D eigenvalue weighted by Gasteiger charge is 2.35. The molecule has 0 aliphatic rings. The highest BCUT2D eigenvalue weighted by Crippen LogP contribution is 2.46. The van der Waals surface area contributed by atoms with Crippen LogP contribution in [0.15, 0.2) is 83.8 Å². The van der Waals surface area contributed by atoms with Gasteiger partial charge in [-0.05, 0) is 41.8 Å². The number of hydrogen-bond donors (Lipinski definition) is 2. The first kappa shape index (κ1) is 25.2. The SMILES string of the molecule is O=P(O)(O)CN(c1c(-c2nc3ccccc3s2)ccc2ccccc12)S(=O)(=O)c1cc(Cl)cc(Cl)c1. The maximum absolute atomic E-state index is 14.0. The summed E-state index contributed by atoms with van der Waals surface area (Å²) in [5.74, 6) is 0. The lowest BCUT2D eigenvalue weighted by Gasteiger charge is -2.28. The van der Waals surface area contributed by atoms with Crippen molar-refractivity contribution in [2.45, 2.75) is 4.90 Å². The largest absolute Gasteiger partial charge is 0.345 e. The van der Waals surface area contributed by atoms with Gasteiger partial charge in [0.1, 0.15) is 11.3 Å². The number of thiazole rings is 1. The molecule has 0 atom stereocenters. The normalized spacial score (nSPS) is 12.3. The van der Waals surface area contributed by atoms with Crippen molar-refractivity contribution >= 4 is 78.8 Å². The first-order chi connectivity index (χ1) is 17.0. The topological polar surface area (TPSA) is 108 Å². The van der Waals surface area contributed by atoms with Crippen LogP contribution in [0.1, 0.15) is 0 Å². The van der Waals surface area contributed by atoms with Gasteiger partial charge in [0.15, 0.2) is 0 Å². The summed E-state index contributed by atoms with van der Waals surface area (Å²) in [6, 6.07) is 21.8. The number of hydrogen-bond acceptors (Lipinski definition) is 5. The molecule has 1 heterocycles. The van der Waals surface area contributed by atoms with Gasteiger partial charge < -0.3 is 9.79 Å². The van der Waals surface area contributed by atoms with Gasteiger partial charge >= 0.3 is 7.60 Å². The summed E-state index contributed by atoms with van der Waals surface area (Å²) < 4.78 is 41.8. The third-order valence-corrected chi connectivity index (χ3v) is 9.48. The molecule has 0 saturated carbocycles. The van der Waals surface area contributed by atoms with Gasteiger partial charge in [0.25, 0.3) is 10.0 Å². The highest BCUT2D eigenvalue weighted by molar-refractivity contribution is 7.93. The molecule has 7 nitrogen and oxygen atoms in total. The molecule has 36 heavy (non-hydrogen) atoms. The summed E-state index contributed by atoms with van der Waals surface area (Å²) in [4.78, 5) is 24.3. The van der Waals surface area contributed by atoms with Crippen LogP contribution < -0.4 is 4.31 Å². The monoisotopic (exact) mass is 578 g/mol. The van der Waals surface area contributed by atoms with E-state index in [1.54, 1.807) is 30.3 Å². The van der Waals surface area contributed by atoms with Gasteiger partial charge in [-0.1, -0.05) is 65.7 Å².